The zero-order valence-electron chi connectivity index (χ0n) is 16.4. The molecule has 1 saturated carbocycles. The van der Waals surface area contributed by atoms with Crippen LogP contribution >= 0.6 is 0 Å². The van der Waals surface area contributed by atoms with E-state index < -0.39 is 17.2 Å². The van der Waals surface area contributed by atoms with Crippen LogP contribution in [0.2, 0.25) is 0 Å². The first kappa shape index (κ1) is 20.0. The molecule has 3 amide bonds. The second kappa shape index (κ2) is 7.51. The fraction of sp³-hybridized carbons (Fsp3) is 0.765. The highest BCUT2D eigenvalue weighted by atomic mass is 16.6. The number of ether oxygens (including phenoxy) is 1. The molecule has 1 heterocycles. The minimum atomic E-state index is -0.559. The van der Waals surface area contributed by atoms with Crippen LogP contribution in [0.15, 0.2) is 6.33 Å². The molecule has 1 aliphatic carbocycles. The molecule has 9 nitrogen and oxygen atoms in total. The fourth-order valence-electron chi connectivity index (χ4n) is 2.82. The summed E-state index contributed by atoms with van der Waals surface area (Å²) in [6.45, 7) is 9.52. The van der Waals surface area contributed by atoms with Gasteiger partial charge in [-0.1, -0.05) is 0 Å². The van der Waals surface area contributed by atoms with Crippen molar-refractivity contribution in [1.82, 2.24) is 30.7 Å². The van der Waals surface area contributed by atoms with Gasteiger partial charge in [-0.15, -0.1) is 10.2 Å². The number of nitrogens with one attached hydrogen (secondary N) is 3. The third-order valence-corrected chi connectivity index (χ3v) is 4.36. The predicted molar refractivity (Wildman–Crippen MR) is 96.5 cm³/mol. The summed E-state index contributed by atoms with van der Waals surface area (Å²) in [5.41, 5.74) is -1.10. The van der Waals surface area contributed by atoms with Gasteiger partial charge in [0.15, 0.2) is 5.82 Å². The molecule has 0 aliphatic heterocycles. The summed E-state index contributed by atoms with van der Waals surface area (Å²) in [6.07, 6.45) is 3.14. The van der Waals surface area contributed by atoms with Gasteiger partial charge >= 0.3 is 12.1 Å². The molecule has 1 aliphatic rings. The SMILES string of the molecule is C[C@H](NC(=O)N[C@](C)(CNC(=O)OC(C)(C)C)C1CC1)c1nncn1C. The predicted octanol–water partition coefficient (Wildman–Crippen LogP) is 1.87. The van der Waals surface area contributed by atoms with E-state index in [1.165, 1.54) is 0 Å². The molecule has 0 aromatic carbocycles. The number of amides is 3. The number of carbonyl (C=O) groups is 2. The minimum absolute atomic E-state index is 0.287. The largest absolute Gasteiger partial charge is 0.444 e. The molecule has 26 heavy (non-hydrogen) atoms. The number of carbonyl (C=O) groups excluding carboxylic acids is 2. The number of rotatable bonds is 6. The zero-order chi connectivity index (χ0) is 19.5. The lowest BCUT2D eigenvalue weighted by Crippen LogP contribution is -2.58. The number of aromatic nitrogens is 3. The number of hydrogen-bond donors (Lipinski definition) is 3. The summed E-state index contributed by atoms with van der Waals surface area (Å²) >= 11 is 0. The van der Waals surface area contributed by atoms with Gasteiger partial charge in [0, 0.05) is 13.6 Å². The Morgan fingerprint density at radius 3 is 2.50 bits per heavy atom. The summed E-state index contributed by atoms with van der Waals surface area (Å²) in [6, 6.07) is -0.592. The van der Waals surface area contributed by atoms with Crippen molar-refractivity contribution in [3.63, 3.8) is 0 Å². The third-order valence-electron chi connectivity index (χ3n) is 4.36. The van der Waals surface area contributed by atoms with Gasteiger partial charge in [-0.2, -0.15) is 0 Å². The summed E-state index contributed by atoms with van der Waals surface area (Å²) in [5, 5.41) is 16.5. The molecule has 3 N–H and O–H groups in total. The molecule has 1 aromatic rings. The summed E-state index contributed by atoms with van der Waals surface area (Å²) in [4.78, 5) is 24.4. The average Bonchev–Trinajstić information content (AvgIpc) is 3.26. The average molecular weight is 366 g/mol. The lowest BCUT2D eigenvalue weighted by Gasteiger charge is -2.32. The van der Waals surface area contributed by atoms with Crippen LogP contribution in [-0.4, -0.2) is 44.6 Å². The van der Waals surface area contributed by atoms with Gasteiger partial charge in [0.05, 0.1) is 11.6 Å². The van der Waals surface area contributed by atoms with E-state index in [9.17, 15) is 9.59 Å². The first-order valence-electron chi connectivity index (χ1n) is 8.89. The van der Waals surface area contributed by atoms with Gasteiger partial charge in [0.2, 0.25) is 0 Å². The maximum atomic E-state index is 12.5. The van der Waals surface area contributed by atoms with E-state index in [0.29, 0.717) is 18.3 Å². The van der Waals surface area contributed by atoms with E-state index in [4.69, 9.17) is 4.74 Å². The van der Waals surface area contributed by atoms with Crippen LogP contribution in [0.4, 0.5) is 9.59 Å². The molecule has 0 unspecified atom stereocenters. The molecule has 9 heteroatoms. The highest BCUT2D eigenvalue weighted by molar-refractivity contribution is 5.75. The Balaban J connectivity index is 1.91. The first-order chi connectivity index (χ1) is 12.0. The molecule has 2 atom stereocenters. The maximum absolute atomic E-state index is 12.5. The lowest BCUT2D eigenvalue weighted by molar-refractivity contribution is 0.0509. The zero-order valence-corrected chi connectivity index (χ0v) is 16.4. The van der Waals surface area contributed by atoms with Crippen molar-refractivity contribution < 1.29 is 14.3 Å². The number of hydrogen-bond acceptors (Lipinski definition) is 5. The van der Waals surface area contributed by atoms with Gasteiger partial charge in [-0.25, -0.2) is 9.59 Å². The van der Waals surface area contributed by atoms with Crippen molar-refractivity contribution in [3.8, 4) is 0 Å². The van der Waals surface area contributed by atoms with Crippen LogP contribution < -0.4 is 16.0 Å². The monoisotopic (exact) mass is 366 g/mol. The van der Waals surface area contributed by atoms with Crippen molar-refractivity contribution in [3.05, 3.63) is 12.2 Å². The molecule has 1 fully saturated rings. The van der Waals surface area contributed by atoms with Crippen molar-refractivity contribution in [2.45, 2.75) is 64.6 Å². The standard InChI is InChI=1S/C17H30N6O3/c1-11(13-22-19-10-23(13)6)20-14(24)21-17(5,12-7-8-12)9-18-15(25)26-16(2,3)4/h10-12H,7-9H2,1-6H3,(H,18,25)(H2,20,21,24)/t11-,17+/m0/s1. The number of urea groups is 1. The Bertz CT molecular complexity index is 649. The first-order valence-corrected chi connectivity index (χ1v) is 8.89. The fourth-order valence-corrected chi connectivity index (χ4v) is 2.82. The Morgan fingerprint density at radius 2 is 2.00 bits per heavy atom. The van der Waals surface area contributed by atoms with Crippen LogP contribution in [0.3, 0.4) is 0 Å². The van der Waals surface area contributed by atoms with E-state index in [1.807, 2.05) is 41.7 Å². The van der Waals surface area contributed by atoms with Crippen molar-refractivity contribution >= 4 is 12.1 Å². The second-order valence-electron chi connectivity index (χ2n) is 8.17. The molecule has 0 bridgehead atoms. The Morgan fingerprint density at radius 1 is 1.35 bits per heavy atom. The van der Waals surface area contributed by atoms with Crippen molar-refractivity contribution in [2.75, 3.05) is 6.54 Å². The number of nitrogens with zero attached hydrogens (tertiary/aromatic N) is 3. The highest BCUT2D eigenvalue weighted by Crippen LogP contribution is 2.39. The molecule has 0 saturated heterocycles. The molecule has 2 rings (SSSR count). The van der Waals surface area contributed by atoms with Gasteiger partial charge < -0.3 is 25.3 Å². The number of aryl methyl sites for hydroxylation is 1. The highest BCUT2D eigenvalue weighted by Gasteiger charge is 2.43. The molecule has 146 valence electrons. The van der Waals surface area contributed by atoms with Crippen molar-refractivity contribution in [2.24, 2.45) is 13.0 Å². The molecule has 0 radical (unpaired) electrons. The Kier molecular flexibility index (Phi) is 5.77. The van der Waals surface area contributed by atoms with E-state index >= 15 is 0 Å². The smallest absolute Gasteiger partial charge is 0.407 e. The van der Waals surface area contributed by atoms with E-state index in [0.717, 1.165) is 12.8 Å². The minimum Gasteiger partial charge on any atom is -0.444 e. The summed E-state index contributed by atoms with van der Waals surface area (Å²) in [5.74, 6) is 0.994. The van der Waals surface area contributed by atoms with Crippen LogP contribution in [0.25, 0.3) is 0 Å². The molecule has 1 aromatic heterocycles. The van der Waals surface area contributed by atoms with Gasteiger partial charge in [0.1, 0.15) is 11.9 Å². The number of alkyl carbamates (subject to hydrolysis) is 1. The molecular formula is C17H30N6O3. The second-order valence-corrected chi connectivity index (χ2v) is 8.17. The van der Waals surface area contributed by atoms with Crippen LogP contribution in [0.1, 0.15) is 59.3 Å². The summed E-state index contributed by atoms with van der Waals surface area (Å²) in [7, 11) is 1.82. The molecular weight excluding hydrogens is 336 g/mol. The quantitative estimate of drug-likeness (QED) is 0.712. The summed E-state index contributed by atoms with van der Waals surface area (Å²) < 4.78 is 7.03. The van der Waals surface area contributed by atoms with E-state index in [2.05, 4.69) is 26.1 Å². The van der Waals surface area contributed by atoms with Gasteiger partial charge in [-0.3, -0.25) is 0 Å². The topological polar surface area (TPSA) is 110 Å². The Hall–Kier alpha value is -2.32. The maximum Gasteiger partial charge on any atom is 0.407 e. The molecule has 0 spiro atoms. The third kappa shape index (κ3) is 5.60. The van der Waals surface area contributed by atoms with Gasteiger partial charge in [0.25, 0.3) is 0 Å². The van der Waals surface area contributed by atoms with Crippen LogP contribution in [0, 0.1) is 5.92 Å². The van der Waals surface area contributed by atoms with Crippen LogP contribution in [0.5, 0.6) is 0 Å². The van der Waals surface area contributed by atoms with E-state index in [-0.39, 0.29) is 12.1 Å². The van der Waals surface area contributed by atoms with Crippen molar-refractivity contribution in [1.29, 1.82) is 0 Å². The normalized spacial score (nSPS) is 17.8. The van der Waals surface area contributed by atoms with Crippen LogP contribution in [-0.2, 0) is 11.8 Å². The Labute approximate surface area is 154 Å². The van der Waals surface area contributed by atoms with Gasteiger partial charge in [-0.05, 0) is 53.4 Å². The lowest BCUT2D eigenvalue weighted by atomic mass is 9.96. The van der Waals surface area contributed by atoms with E-state index in [1.54, 1.807) is 10.9 Å².